The first kappa shape index (κ1) is 26.5. The molecule has 0 aromatic heterocycles. The molecule has 4 aromatic rings. The molecular formula is C32H32N2O4. The highest BCUT2D eigenvalue weighted by Gasteiger charge is 2.24. The van der Waals surface area contributed by atoms with E-state index in [4.69, 9.17) is 9.47 Å². The Labute approximate surface area is 223 Å². The molecule has 0 aliphatic rings. The molecule has 6 heteroatoms. The number of alkyl carbamates (subject to hydrolysis) is 1. The Morgan fingerprint density at radius 1 is 0.658 bits per heavy atom. The van der Waals surface area contributed by atoms with Crippen molar-refractivity contribution in [1.29, 1.82) is 0 Å². The van der Waals surface area contributed by atoms with Gasteiger partial charge in [0.15, 0.2) is 0 Å². The summed E-state index contributed by atoms with van der Waals surface area (Å²) in [7, 11) is 0. The van der Waals surface area contributed by atoms with E-state index in [0.29, 0.717) is 13.0 Å². The van der Waals surface area contributed by atoms with Crippen LogP contribution in [-0.4, -0.2) is 18.0 Å². The number of carbonyl (C=O) groups is 2. The van der Waals surface area contributed by atoms with Crippen molar-refractivity contribution in [1.82, 2.24) is 10.6 Å². The summed E-state index contributed by atoms with van der Waals surface area (Å²) in [5.41, 5.74) is 3.81. The maximum atomic E-state index is 13.3. The molecule has 0 aliphatic heterocycles. The van der Waals surface area contributed by atoms with Crippen LogP contribution in [0.2, 0.25) is 0 Å². The molecule has 0 saturated carbocycles. The van der Waals surface area contributed by atoms with Crippen LogP contribution in [0.1, 0.15) is 35.2 Å². The van der Waals surface area contributed by atoms with E-state index < -0.39 is 12.1 Å². The predicted octanol–water partition coefficient (Wildman–Crippen LogP) is 5.98. The van der Waals surface area contributed by atoms with Gasteiger partial charge in [0, 0.05) is 6.42 Å². The summed E-state index contributed by atoms with van der Waals surface area (Å²) in [4.78, 5) is 25.9. The molecule has 4 aromatic carbocycles. The standard InChI is InChI=1S/C32H32N2O4/c1-24(28-15-9-4-10-16-28)33-31(35)30(34-32(36)38-23-27-13-7-3-8-14-27)21-25-17-19-29(20-18-25)37-22-26-11-5-2-6-12-26/h2-20,24,30H,21-23H2,1H3,(H,33,35)(H,34,36)/t24-,30+/m0/s1. The van der Waals surface area contributed by atoms with E-state index in [-0.39, 0.29) is 18.6 Å². The van der Waals surface area contributed by atoms with Crippen LogP contribution in [-0.2, 0) is 29.2 Å². The average molecular weight is 509 g/mol. The van der Waals surface area contributed by atoms with Gasteiger partial charge in [0.25, 0.3) is 0 Å². The van der Waals surface area contributed by atoms with Crippen molar-refractivity contribution in [3.05, 3.63) is 138 Å². The van der Waals surface area contributed by atoms with Crippen molar-refractivity contribution in [2.24, 2.45) is 0 Å². The van der Waals surface area contributed by atoms with E-state index in [1.165, 1.54) is 0 Å². The van der Waals surface area contributed by atoms with Gasteiger partial charge in [0.2, 0.25) is 5.91 Å². The molecule has 0 radical (unpaired) electrons. The zero-order valence-corrected chi connectivity index (χ0v) is 21.4. The minimum absolute atomic E-state index is 0.120. The highest BCUT2D eigenvalue weighted by Crippen LogP contribution is 2.17. The Morgan fingerprint density at radius 3 is 1.82 bits per heavy atom. The van der Waals surface area contributed by atoms with Gasteiger partial charge in [0.1, 0.15) is 25.0 Å². The molecule has 194 valence electrons. The molecule has 6 nitrogen and oxygen atoms in total. The van der Waals surface area contributed by atoms with Gasteiger partial charge in [-0.15, -0.1) is 0 Å². The van der Waals surface area contributed by atoms with Gasteiger partial charge in [-0.1, -0.05) is 103 Å². The topological polar surface area (TPSA) is 76.7 Å². The van der Waals surface area contributed by atoms with E-state index in [9.17, 15) is 9.59 Å². The number of amides is 2. The number of hydrogen-bond donors (Lipinski definition) is 2. The van der Waals surface area contributed by atoms with Crippen LogP contribution in [0.25, 0.3) is 0 Å². The molecule has 2 atom stereocenters. The van der Waals surface area contributed by atoms with Crippen LogP contribution in [0.5, 0.6) is 5.75 Å². The largest absolute Gasteiger partial charge is 0.489 e. The normalized spacial score (nSPS) is 12.1. The molecular weight excluding hydrogens is 476 g/mol. The Balaban J connectivity index is 1.39. The maximum absolute atomic E-state index is 13.3. The van der Waals surface area contributed by atoms with Crippen molar-refractivity contribution in [3.63, 3.8) is 0 Å². The van der Waals surface area contributed by atoms with E-state index >= 15 is 0 Å². The SMILES string of the molecule is C[C@H](NC(=O)[C@@H](Cc1ccc(OCc2ccccc2)cc1)NC(=O)OCc1ccccc1)c1ccccc1. The number of ether oxygens (including phenoxy) is 2. The number of hydrogen-bond acceptors (Lipinski definition) is 4. The Morgan fingerprint density at radius 2 is 1.21 bits per heavy atom. The molecule has 38 heavy (non-hydrogen) atoms. The van der Waals surface area contributed by atoms with Crippen molar-refractivity contribution in [2.45, 2.75) is 38.6 Å². The Bertz CT molecular complexity index is 1280. The maximum Gasteiger partial charge on any atom is 0.408 e. The summed E-state index contributed by atoms with van der Waals surface area (Å²) in [6.45, 7) is 2.50. The van der Waals surface area contributed by atoms with Gasteiger partial charge in [-0.05, 0) is 41.3 Å². The Hall–Kier alpha value is -4.58. The fourth-order valence-electron chi connectivity index (χ4n) is 3.95. The number of rotatable bonds is 11. The van der Waals surface area contributed by atoms with Crippen molar-refractivity contribution < 1.29 is 19.1 Å². The van der Waals surface area contributed by atoms with Gasteiger partial charge in [-0.2, -0.15) is 0 Å². The Kier molecular flexibility index (Phi) is 9.51. The van der Waals surface area contributed by atoms with Crippen LogP contribution in [0.15, 0.2) is 115 Å². The average Bonchev–Trinajstić information content (AvgIpc) is 2.97. The van der Waals surface area contributed by atoms with Gasteiger partial charge in [-0.3, -0.25) is 4.79 Å². The van der Waals surface area contributed by atoms with Gasteiger partial charge in [0.05, 0.1) is 6.04 Å². The lowest BCUT2D eigenvalue weighted by Crippen LogP contribution is -2.48. The molecule has 0 unspecified atom stereocenters. The highest BCUT2D eigenvalue weighted by molar-refractivity contribution is 5.86. The van der Waals surface area contributed by atoms with Crippen LogP contribution >= 0.6 is 0 Å². The molecule has 0 aliphatic carbocycles. The van der Waals surface area contributed by atoms with Crippen LogP contribution in [0.3, 0.4) is 0 Å². The highest BCUT2D eigenvalue weighted by atomic mass is 16.5. The third-order valence-corrected chi connectivity index (χ3v) is 6.09. The molecule has 0 bridgehead atoms. The summed E-state index contributed by atoms with van der Waals surface area (Å²) >= 11 is 0. The van der Waals surface area contributed by atoms with Crippen LogP contribution < -0.4 is 15.4 Å². The van der Waals surface area contributed by atoms with Gasteiger partial charge < -0.3 is 20.1 Å². The zero-order valence-electron chi connectivity index (χ0n) is 21.4. The second-order valence-electron chi connectivity index (χ2n) is 9.02. The lowest BCUT2D eigenvalue weighted by atomic mass is 10.0. The summed E-state index contributed by atoms with van der Waals surface area (Å²) in [5, 5.41) is 5.76. The molecule has 2 N–H and O–H groups in total. The molecule has 0 spiro atoms. The van der Waals surface area contributed by atoms with Gasteiger partial charge >= 0.3 is 6.09 Å². The minimum Gasteiger partial charge on any atom is -0.489 e. The zero-order chi connectivity index (χ0) is 26.6. The fraction of sp³-hybridized carbons (Fsp3) is 0.188. The first-order valence-electron chi connectivity index (χ1n) is 12.6. The van der Waals surface area contributed by atoms with Crippen molar-refractivity contribution >= 4 is 12.0 Å². The molecule has 0 fully saturated rings. The second-order valence-corrected chi connectivity index (χ2v) is 9.02. The molecule has 4 rings (SSSR count). The quantitative estimate of drug-likeness (QED) is 0.261. The van der Waals surface area contributed by atoms with E-state index in [0.717, 1.165) is 28.0 Å². The third-order valence-electron chi connectivity index (χ3n) is 6.09. The molecule has 0 heterocycles. The second kappa shape index (κ2) is 13.7. The van der Waals surface area contributed by atoms with Crippen molar-refractivity contribution in [2.75, 3.05) is 0 Å². The predicted molar refractivity (Wildman–Crippen MR) is 147 cm³/mol. The van der Waals surface area contributed by atoms with E-state index in [1.807, 2.05) is 122 Å². The van der Waals surface area contributed by atoms with Crippen LogP contribution in [0, 0.1) is 0 Å². The lowest BCUT2D eigenvalue weighted by Gasteiger charge is -2.22. The summed E-state index contributed by atoms with van der Waals surface area (Å²) in [6.07, 6.45) is -0.351. The first-order valence-corrected chi connectivity index (χ1v) is 12.6. The molecule has 0 saturated heterocycles. The van der Waals surface area contributed by atoms with Crippen LogP contribution in [0.4, 0.5) is 4.79 Å². The number of nitrogens with one attached hydrogen (secondary N) is 2. The summed E-state index contributed by atoms with van der Waals surface area (Å²) in [5.74, 6) is 0.439. The summed E-state index contributed by atoms with van der Waals surface area (Å²) < 4.78 is 11.2. The van der Waals surface area contributed by atoms with Crippen molar-refractivity contribution in [3.8, 4) is 5.75 Å². The molecule has 2 amide bonds. The smallest absolute Gasteiger partial charge is 0.408 e. The van der Waals surface area contributed by atoms with Gasteiger partial charge in [-0.25, -0.2) is 4.79 Å². The third kappa shape index (κ3) is 8.23. The minimum atomic E-state index is -0.819. The van der Waals surface area contributed by atoms with E-state index in [1.54, 1.807) is 0 Å². The number of benzene rings is 4. The number of carbonyl (C=O) groups excluding carboxylic acids is 2. The first-order chi connectivity index (χ1) is 18.6. The fourth-order valence-corrected chi connectivity index (χ4v) is 3.95. The lowest BCUT2D eigenvalue weighted by molar-refractivity contribution is -0.123. The summed E-state index contributed by atoms with van der Waals surface area (Å²) in [6, 6.07) is 35.5. The van der Waals surface area contributed by atoms with E-state index in [2.05, 4.69) is 10.6 Å². The monoisotopic (exact) mass is 508 g/mol.